The molecule has 8 nitrogen and oxygen atoms in total. The van der Waals surface area contributed by atoms with Crippen LogP contribution in [-0.4, -0.2) is 52.1 Å². The molecule has 3 aliphatic rings. The molecule has 3 amide bonds. The Hall–Kier alpha value is -2.77. The second-order valence-corrected chi connectivity index (χ2v) is 7.29. The van der Waals surface area contributed by atoms with Crippen LogP contribution in [0.1, 0.15) is 46.4 Å². The van der Waals surface area contributed by atoms with E-state index in [2.05, 4.69) is 0 Å². The van der Waals surface area contributed by atoms with Crippen molar-refractivity contribution >= 4 is 23.4 Å². The standard InChI is InChI=1S/C18H19N3O5/c22-16(19-8-11-3-1-2-4-12(11)9-19)10-20-17(23)14-6-5-13(21(25)26)7-15(14)18(20)24/h5-7,11-12H,1-4,8-10H2. The van der Waals surface area contributed by atoms with E-state index in [1.165, 1.54) is 25.0 Å². The molecular weight excluding hydrogens is 338 g/mol. The lowest BCUT2D eigenvalue weighted by Gasteiger charge is -2.22. The summed E-state index contributed by atoms with van der Waals surface area (Å²) in [6.45, 7) is 1.08. The van der Waals surface area contributed by atoms with Gasteiger partial charge in [0.25, 0.3) is 17.5 Å². The van der Waals surface area contributed by atoms with Gasteiger partial charge in [-0.25, -0.2) is 0 Å². The molecule has 2 fully saturated rings. The number of hydrogen-bond donors (Lipinski definition) is 0. The third-order valence-corrected chi connectivity index (χ3v) is 5.79. The summed E-state index contributed by atoms with van der Waals surface area (Å²) in [6, 6.07) is 3.58. The van der Waals surface area contributed by atoms with Gasteiger partial charge in [0.05, 0.1) is 16.1 Å². The Kier molecular flexibility index (Phi) is 3.97. The summed E-state index contributed by atoms with van der Waals surface area (Å²) in [5.74, 6) is -0.387. The van der Waals surface area contributed by atoms with Gasteiger partial charge in [0.1, 0.15) is 6.54 Å². The van der Waals surface area contributed by atoms with Crippen molar-refractivity contribution in [3.05, 3.63) is 39.4 Å². The molecule has 26 heavy (non-hydrogen) atoms. The first kappa shape index (κ1) is 16.7. The fourth-order valence-electron chi connectivity index (χ4n) is 4.38. The summed E-state index contributed by atoms with van der Waals surface area (Å²) in [5.41, 5.74) is -0.141. The van der Waals surface area contributed by atoms with Crippen LogP contribution >= 0.6 is 0 Å². The lowest BCUT2D eigenvalue weighted by Crippen LogP contribution is -2.42. The number of nitro groups is 1. The van der Waals surface area contributed by atoms with Crippen LogP contribution in [0.3, 0.4) is 0 Å². The highest BCUT2D eigenvalue weighted by Crippen LogP contribution is 2.36. The van der Waals surface area contributed by atoms with Crippen LogP contribution in [0, 0.1) is 22.0 Å². The Bertz CT molecular complexity index is 807. The Balaban J connectivity index is 1.48. The molecule has 1 aliphatic carbocycles. The number of rotatable bonds is 3. The monoisotopic (exact) mass is 357 g/mol. The SMILES string of the molecule is O=C(CN1C(=O)c2ccc([N+](=O)[O-])cc2C1=O)N1CC2CCCCC2C1. The van der Waals surface area contributed by atoms with Crippen LogP contribution in [0.15, 0.2) is 18.2 Å². The van der Waals surface area contributed by atoms with Crippen LogP contribution in [0.25, 0.3) is 0 Å². The van der Waals surface area contributed by atoms with E-state index < -0.39 is 16.7 Å². The number of carbonyl (C=O) groups excluding carboxylic acids is 3. The Labute approximate surface area is 149 Å². The molecule has 4 rings (SSSR count). The van der Waals surface area contributed by atoms with E-state index in [-0.39, 0.29) is 29.3 Å². The first-order valence-corrected chi connectivity index (χ1v) is 8.88. The highest BCUT2D eigenvalue weighted by molar-refractivity contribution is 6.22. The van der Waals surface area contributed by atoms with Crippen molar-refractivity contribution < 1.29 is 19.3 Å². The first-order chi connectivity index (χ1) is 12.5. The molecule has 0 N–H and O–H groups in total. The number of nitro benzene ring substituents is 1. The number of carbonyl (C=O) groups is 3. The summed E-state index contributed by atoms with van der Waals surface area (Å²) < 4.78 is 0. The molecule has 2 unspecified atom stereocenters. The van der Waals surface area contributed by atoms with Gasteiger partial charge < -0.3 is 4.90 Å². The zero-order valence-corrected chi connectivity index (χ0v) is 14.2. The Morgan fingerprint density at radius 2 is 1.69 bits per heavy atom. The Morgan fingerprint density at radius 1 is 1.08 bits per heavy atom. The van der Waals surface area contributed by atoms with Gasteiger partial charge in [-0.2, -0.15) is 0 Å². The lowest BCUT2D eigenvalue weighted by molar-refractivity contribution is -0.384. The van der Waals surface area contributed by atoms with Crippen molar-refractivity contribution in [3.8, 4) is 0 Å². The van der Waals surface area contributed by atoms with E-state index >= 15 is 0 Å². The van der Waals surface area contributed by atoms with E-state index in [9.17, 15) is 24.5 Å². The van der Waals surface area contributed by atoms with Crippen LogP contribution in [0.4, 0.5) is 5.69 Å². The summed E-state index contributed by atoms with van der Waals surface area (Å²) in [5, 5.41) is 10.9. The number of likely N-dealkylation sites (tertiary alicyclic amines) is 1. The number of amides is 3. The summed E-state index contributed by atoms with van der Waals surface area (Å²) in [4.78, 5) is 50.5. The maximum absolute atomic E-state index is 12.6. The minimum Gasteiger partial charge on any atom is -0.341 e. The maximum Gasteiger partial charge on any atom is 0.270 e. The maximum atomic E-state index is 12.6. The third kappa shape index (κ3) is 2.65. The van der Waals surface area contributed by atoms with Gasteiger partial charge in [-0.3, -0.25) is 29.4 Å². The van der Waals surface area contributed by atoms with Crippen molar-refractivity contribution in [1.29, 1.82) is 0 Å². The smallest absolute Gasteiger partial charge is 0.270 e. The number of benzene rings is 1. The first-order valence-electron chi connectivity index (χ1n) is 8.88. The average Bonchev–Trinajstić information content (AvgIpc) is 3.17. The molecule has 1 aromatic carbocycles. The van der Waals surface area contributed by atoms with E-state index in [1.54, 1.807) is 4.90 Å². The summed E-state index contributed by atoms with van der Waals surface area (Å²) in [6.07, 6.45) is 4.65. The molecule has 0 bridgehead atoms. The fourth-order valence-corrected chi connectivity index (χ4v) is 4.38. The van der Waals surface area contributed by atoms with E-state index in [1.807, 2.05) is 0 Å². The van der Waals surface area contributed by atoms with E-state index in [0.29, 0.717) is 24.9 Å². The van der Waals surface area contributed by atoms with Crippen LogP contribution in [0.5, 0.6) is 0 Å². The fraction of sp³-hybridized carbons (Fsp3) is 0.500. The molecule has 1 saturated carbocycles. The van der Waals surface area contributed by atoms with Crippen LogP contribution in [0.2, 0.25) is 0 Å². The van der Waals surface area contributed by atoms with Gasteiger partial charge in [0, 0.05) is 25.2 Å². The molecule has 1 saturated heterocycles. The molecule has 0 spiro atoms. The number of imide groups is 1. The van der Waals surface area contributed by atoms with E-state index in [4.69, 9.17) is 0 Å². The Morgan fingerprint density at radius 3 is 2.31 bits per heavy atom. The average molecular weight is 357 g/mol. The van der Waals surface area contributed by atoms with Crippen LogP contribution in [-0.2, 0) is 4.79 Å². The minimum absolute atomic E-state index is 0.00732. The lowest BCUT2D eigenvalue weighted by atomic mass is 9.82. The van der Waals surface area contributed by atoms with E-state index in [0.717, 1.165) is 23.8 Å². The molecule has 136 valence electrons. The molecule has 8 heteroatoms. The topological polar surface area (TPSA) is 101 Å². The van der Waals surface area contributed by atoms with Crippen molar-refractivity contribution in [1.82, 2.24) is 9.80 Å². The summed E-state index contributed by atoms with van der Waals surface area (Å²) in [7, 11) is 0. The predicted octanol–water partition coefficient (Wildman–Crippen LogP) is 1.84. The van der Waals surface area contributed by atoms with Gasteiger partial charge >= 0.3 is 0 Å². The highest BCUT2D eigenvalue weighted by Gasteiger charge is 2.41. The van der Waals surface area contributed by atoms with Gasteiger partial charge in [-0.15, -0.1) is 0 Å². The molecule has 2 atom stereocenters. The van der Waals surface area contributed by atoms with Gasteiger partial charge in [-0.1, -0.05) is 12.8 Å². The number of nitrogens with zero attached hydrogens (tertiary/aromatic N) is 3. The van der Waals surface area contributed by atoms with Gasteiger partial charge in [0.15, 0.2) is 0 Å². The predicted molar refractivity (Wildman–Crippen MR) is 90.5 cm³/mol. The van der Waals surface area contributed by atoms with Crippen molar-refractivity contribution in [2.45, 2.75) is 25.7 Å². The molecular formula is C18H19N3O5. The normalized spacial score (nSPS) is 24.6. The second kappa shape index (κ2) is 6.19. The van der Waals surface area contributed by atoms with Crippen molar-refractivity contribution in [3.63, 3.8) is 0 Å². The highest BCUT2D eigenvalue weighted by atomic mass is 16.6. The van der Waals surface area contributed by atoms with Crippen molar-refractivity contribution in [2.24, 2.45) is 11.8 Å². The zero-order valence-electron chi connectivity index (χ0n) is 14.2. The quantitative estimate of drug-likeness (QED) is 0.467. The molecule has 0 radical (unpaired) electrons. The van der Waals surface area contributed by atoms with Crippen LogP contribution < -0.4 is 0 Å². The van der Waals surface area contributed by atoms with Gasteiger partial charge in [0.2, 0.25) is 5.91 Å². The molecule has 1 aromatic rings. The second-order valence-electron chi connectivity index (χ2n) is 7.29. The summed E-state index contributed by atoms with van der Waals surface area (Å²) >= 11 is 0. The third-order valence-electron chi connectivity index (χ3n) is 5.79. The zero-order chi connectivity index (χ0) is 18.4. The molecule has 2 heterocycles. The van der Waals surface area contributed by atoms with Crippen molar-refractivity contribution in [2.75, 3.05) is 19.6 Å². The molecule has 2 aliphatic heterocycles. The largest absolute Gasteiger partial charge is 0.341 e. The van der Waals surface area contributed by atoms with Gasteiger partial charge in [-0.05, 0) is 30.7 Å². The molecule has 0 aromatic heterocycles. The minimum atomic E-state index is -0.640. The number of non-ortho nitro benzene ring substituents is 1. The number of fused-ring (bicyclic) bond motifs is 2. The number of hydrogen-bond acceptors (Lipinski definition) is 5.